The van der Waals surface area contributed by atoms with E-state index in [9.17, 15) is 0 Å². The Morgan fingerprint density at radius 1 is 1.40 bits per heavy atom. The molecule has 2 N–H and O–H groups in total. The summed E-state index contributed by atoms with van der Waals surface area (Å²) in [6.45, 7) is 1.28. The average molecular weight is 143 g/mol. The molecule has 1 aliphatic heterocycles. The van der Waals surface area contributed by atoms with E-state index >= 15 is 0 Å². The van der Waals surface area contributed by atoms with E-state index in [-0.39, 0.29) is 12.4 Å². The molecule has 3 nitrogen and oxygen atoms in total. The quantitative estimate of drug-likeness (QED) is 0.596. The molecule has 3 heteroatoms. The Kier molecular flexibility index (Phi) is 1.64. The molecule has 10 heavy (non-hydrogen) atoms. The third-order valence-electron chi connectivity index (χ3n) is 2.04. The Morgan fingerprint density at radius 2 is 2.20 bits per heavy atom. The predicted octanol–water partition coefficient (Wildman–Crippen LogP) is 0.0966. The van der Waals surface area contributed by atoms with E-state index in [4.69, 9.17) is 15.2 Å². The molecule has 1 heterocycles. The summed E-state index contributed by atoms with van der Waals surface area (Å²) in [6, 6.07) is 0. The molecule has 0 bridgehead atoms. The number of nitrogens with two attached hydrogens (primary N) is 1. The zero-order valence-electron chi connectivity index (χ0n) is 5.95. The smallest absolute Gasteiger partial charge is 0.161 e. The zero-order valence-corrected chi connectivity index (χ0v) is 5.95. The molecule has 2 atom stereocenters. The van der Waals surface area contributed by atoms with Crippen molar-refractivity contribution in [1.29, 1.82) is 0 Å². The van der Waals surface area contributed by atoms with Gasteiger partial charge < -0.3 is 15.2 Å². The minimum absolute atomic E-state index is 0.0774. The van der Waals surface area contributed by atoms with Gasteiger partial charge in [-0.25, -0.2) is 0 Å². The molecule has 2 unspecified atom stereocenters. The zero-order chi connectivity index (χ0) is 6.97. The van der Waals surface area contributed by atoms with Crippen LogP contribution in [0.5, 0.6) is 0 Å². The van der Waals surface area contributed by atoms with Gasteiger partial charge in [-0.1, -0.05) is 0 Å². The fraction of sp³-hybridized carbons (Fsp3) is 1.00. The molecule has 2 rings (SSSR count). The van der Waals surface area contributed by atoms with Gasteiger partial charge >= 0.3 is 0 Å². The van der Waals surface area contributed by atoms with Crippen molar-refractivity contribution in [3.05, 3.63) is 0 Å². The van der Waals surface area contributed by atoms with Gasteiger partial charge in [0.2, 0.25) is 0 Å². The van der Waals surface area contributed by atoms with E-state index in [1.165, 1.54) is 12.8 Å². The lowest BCUT2D eigenvalue weighted by Gasteiger charge is -2.07. The van der Waals surface area contributed by atoms with Gasteiger partial charge in [0, 0.05) is 12.5 Å². The van der Waals surface area contributed by atoms with Crippen molar-refractivity contribution >= 4 is 0 Å². The highest BCUT2D eigenvalue weighted by Crippen LogP contribution is 2.37. The normalized spacial score (nSPS) is 40.5. The summed E-state index contributed by atoms with van der Waals surface area (Å²) in [6.07, 6.45) is 2.77. The first-order valence-electron chi connectivity index (χ1n) is 3.87. The predicted molar refractivity (Wildman–Crippen MR) is 36.4 cm³/mol. The van der Waals surface area contributed by atoms with Crippen molar-refractivity contribution in [1.82, 2.24) is 0 Å². The highest BCUT2D eigenvalue weighted by molar-refractivity contribution is 4.81. The van der Waals surface area contributed by atoms with Crippen LogP contribution in [0.4, 0.5) is 0 Å². The van der Waals surface area contributed by atoms with Gasteiger partial charge in [-0.05, 0) is 12.8 Å². The van der Waals surface area contributed by atoms with Crippen LogP contribution in [0.15, 0.2) is 0 Å². The van der Waals surface area contributed by atoms with Crippen molar-refractivity contribution in [2.24, 2.45) is 11.7 Å². The number of hydrogen-bond acceptors (Lipinski definition) is 3. The van der Waals surface area contributed by atoms with E-state index in [1.807, 2.05) is 0 Å². The van der Waals surface area contributed by atoms with E-state index in [1.54, 1.807) is 0 Å². The van der Waals surface area contributed by atoms with Crippen molar-refractivity contribution in [2.75, 3.05) is 13.2 Å². The summed E-state index contributed by atoms with van der Waals surface area (Å²) in [5.74, 6) is 0.677. The molecule has 0 aromatic carbocycles. The second kappa shape index (κ2) is 2.49. The lowest BCUT2D eigenvalue weighted by molar-refractivity contribution is -0.0705. The molecule has 0 aromatic rings. The minimum atomic E-state index is 0.0774. The van der Waals surface area contributed by atoms with Crippen LogP contribution in [0.25, 0.3) is 0 Å². The molecule has 0 amide bonds. The van der Waals surface area contributed by atoms with Gasteiger partial charge in [-0.15, -0.1) is 0 Å². The van der Waals surface area contributed by atoms with Crippen LogP contribution < -0.4 is 5.73 Å². The van der Waals surface area contributed by atoms with Crippen molar-refractivity contribution in [3.8, 4) is 0 Å². The fourth-order valence-electron chi connectivity index (χ4n) is 1.21. The first-order valence-corrected chi connectivity index (χ1v) is 3.87. The highest BCUT2D eigenvalue weighted by atomic mass is 16.7. The molecule has 1 saturated heterocycles. The monoisotopic (exact) mass is 143 g/mol. The van der Waals surface area contributed by atoms with Crippen LogP contribution in [-0.2, 0) is 9.47 Å². The first-order chi connectivity index (χ1) is 4.90. The van der Waals surface area contributed by atoms with Crippen molar-refractivity contribution in [2.45, 2.75) is 25.2 Å². The van der Waals surface area contributed by atoms with Crippen LogP contribution in [0.2, 0.25) is 0 Å². The van der Waals surface area contributed by atoms with E-state index in [0.717, 1.165) is 0 Å². The summed E-state index contributed by atoms with van der Waals surface area (Å²) in [4.78, 5) is 0. The topological polar surface area (TPSA) is 44.5 Å². The first kappa shape index (κ1) is 6.58. The van der Waals surface area contributed by atoms with Gasteiger partial charge in [0.25, 0.3) is 0 Å². The largest absolute Gasteiger partial charge is 0.350 e. The van der Waals surface area contributed by atoms with E-state index in [0.29, 0.717) is 19.1 Å². The molecule has 58 valence electrons. The Morgan fingerprint density at radius 3 is 2.70 bits per heavy atom. The molecular formula is C7H13NO2. The summed E-state index contributed by atoms with van der Waals surface area (Å²) in [5.41, 5.74) is 5.41. The Hall–Kier alpha value is -0.120. The molecule has 2 aliphatic rings. The lowest BCUT2D eigenvalue weighted by atomic mass is 10.4. The highest BCUT2D eigenvalue weighted by Gasteiger charge is 2.38. The van der Waals surface area contributed by atoms with Crippen molar-refractivity contribution in [3.63, 3.8) is 0 Å². The molecule has 0 radical (unpaired) electrons. The maximum atomic E-state index is 5.49. The molecule has 1 aliphatic carbocycles. The third-order valence-corrected chi connectivity index (χ3v) is 2.04. The molecule has 1 saturated carbocycles. The van der Waals surface area contributed by atoms with Crippen molar-refractivity contribution < 1.29 is 9.47 Å². The fourth-order valence-corrected chi connectivity index (χ4v) is 1.21. The molecule has 0 spiro atoms. The maximum absolute atomic E-state index is 5.49. The van der Waals surface area contributed by atoms with Crippen LogP contribution in [0.3, 0.4) is 0 Å². The lowest BCUT2D eigenvalue weighted by Crippen LogP contribution is -2.23. The Balaban J connectivity index is 1.81. The standard InChI is InChI=1S/C7H13NO2/c8-3-6-4-9-7(10-6)5-1-2-5/h5-7H,1-4,8H2. The number of ether oxygens (including phenoxy) is 2. The summed E-state index contributed by atoms with van der Waals surface area (Å²) >= 11 is 0. The van der Waals surface area contributed by atoms with Gasteiger partial charge in [0.15, 0.2) is 6.29 Å². The van der Waals surface area contributed by atoms with E-state index in [2.05, 4.69) is 0 Å². The Bertz CT molecular complexity index is 125. The van der Waals surface area contributed by atoms with Crippen LogP contribution in [0, 0.1) is 5.92 Å². The van der Waals surface area contributed by atoms with E-state index < -0.39 is 0 Å². The number of hydrogen-bond donors (Lipinski definition) is 1. The van der Waals surface area contributed by atoms with Gasteiger partial charge in [0.05, 0.1) is 12.7 Å². The summed E-state index contributed by atoms with van der Waals surface area (Å²) in [7, 11) is 0. The Labute approximate surface area is 60.5 Å². The summed E-state index contributed by atoms with van der Waals surface area (Å²) in [5, 5.41) is 0. The molecule has 0 aromatic heterocycles. The number of rotatable bonds is 2. The van der Waals surface area contributed by atoms with Gasteiger partial charge in [-0.3, -0.25) is 0 Å². The second-order valence-electron chi connectivity index (χ2n) is 3.03. The molecule has 2 fully saturated rings. The minimum Gasteiger partial charge on any atom is -0.350 e. The van der Waals surface area contributed by atoms with Gasteiger partial charge in [0.1, 0.15) is 0 Å². The van der Waals surface area contributed by atoms with Crippen LogP contribution in [0.1, 0.15) is 12.8 Å². The maximum Gasteiger partial charge on any atom is 0.161 e. The summed E-state index contributed by atoms with van der Waals surface area (Å²) < 4.78 is 10.9. The van der Waals surface area contributed by atoms with Crippen LogP contribution in [-0.4, -0.2) is 25.5 Å². The average Bonchev–Trinajstić information content (AvgIpc) is 2.70. The second-order valence-corrected chi connectivity index (χ2v) is 3.03. The molecular weight excluding hydrogens is 130 g/mol. The third kappa shape index (κ3) is 1.17. The van der Waals surface area contributed by atoms with Gasteiger partial charge in [-0.2, -0.15) is 0 Å². The van der Waals surface area contributed by atoms with Crippen LogP contribution >= 0.6 is 0 Å². The SMILES string of the molecule is NCC1COC(C2CC2)O1.